The first-order valence-corrected chi connectivity index (χ1v) is 9.24. The van der Waals surface area contributed by atoms with Gasteiger partial charge in [0.25, 0.3) is 0 Å². The first-order valence-electron chi connectivity index (χ1n) is 8.86. The number of aromatic nitrogens is 1. The fourth-order valence-electron chi connectivity index (χ4n) is 2.88. The van der Waals surface area contributed by atoms with Crippen molar-refractivity contribution in [2.75, 3.05) is 19.5 Å². The number of ether oxygens (including phenoxy) is 3. The molecule has 8 nitrogen and oxygen atoms in total. The number of hydrogen-bond donors (Lipinski definition) is 2. The first-order chi connectivity index (χ1) is 13.6. The summed E-state index contributed by atoms with van der Waals surface area (Å²) < 4.78 is 15.5. The molecule has 29 heavy (non-hydrogen) atoms. The van der Waals surface area contributed by atoms with E-state index < -0.39 is 23.8 Å². The minimum Gasteiger partial charge on any atom is -0.496 e. The maximum atomic E-state index is 12.8. The average molecular weight is 423 g/mol. The molecule has 2 rings (SSSR count). The fraction of sp³-hybridized carbons (Fsp3) is 0.350. The van der Waals surface area contributed by atoms with Gasteiger partial charge in [0.2, 0.25) is 5.78 Å². The number of nitrogens with one attached hydrogen (secondary N) is 1. The van der Waals surface area contributed by atoms with Gasteiger partial charge in [0.15, 0.2) is 6.10 Å². The predicted molar refractivity (Wildman–Crippen MR) is 108 cm³/mol. The van der Waals surface area contributed by atoms with E-state index in [1.165, 1.54) is 26.2 Å². The van der Waals surface area contributed by atoms with Crippen molar-refractivity contribution in [1.29, 1.82) is 0 Å². The topological polar surface area (TPSA) is 121 Å². The molecule has 0 unspecified atom stereocenters. The summed E-state index contributed by atoms with van der Waals surface area (Å²) >= 11 is 5.97. The zero-order valence-electron chi connectivity index (χ0n) is 16.8. The Kier molecular flexibility index (Phi) is 6.92. The standard InChI is InChI=1S/C20H23ClN2O6/c1-6-28-20(26)16-9(2)17(23-10(16)3)18(24)11(4)29-19(25)12-7-13(21)14(22)8-15(12)27-5/h7-8,11,23H,6,22H2,1-5H3/t11-/m1/s1. The van der Waals surface area contributed by atoms with Crippen LogP contribution in [0.25, 0.3) is 0 Å². The second-order valence-electron chi connectivity index (χ2n) is 6.33. The second kappa shape index (κ2) is 9.00. The number of hydrogen-bond acceptors (Lipinski definition) is 7. The average Bonchev–Trinajstić information content (AvgIpc) is 2.97. The molecule has 0 aliphatic heterocycles. The predicted octanol–water partition coefficient (Wildman–Crippen LogP) is 3.48. The molecule has 0 bridgehead atoms. The van der Waals surface area contributed by atoms with E-state index in [9.17, 15) is 14.4 Å². The SMILES string of the molecule is CCOC(=O)c1c(C)[nH]c(C(=O)[C@@H](C)OC(=O)c2cc(Cl)c(N)cc2OC)c1C. The molecule has 0 radical (unpaired) electrons. The van der Waals surface area contributed by atoms with Crippen molar-refractivity contribution in [3.8, 4) is 5.75 Å². The second-order valence-corrected chi connectivity index (χ2v) is 6.74. The molecule has 0 saturated heterocycles. The van der Waals surface area contributed by atoms with Gasteiger partial charge in [-0.05, 0) is 39.3 Å². The Bertz CT molecular complexity index is 966. The molecule has 0 fully saturated rings. The molecule has 1 aromatic heterocycles. The van der Waals surface area contributed by atoms with Crippen LogP contribution in [0.15, 0.2) is 12.1 Å². The number of esters is 2. The normalized spacial score (nSPS) is 11.7. The molecular formula is C20H23ClN2O6. The van der Waals surface area contributed by atoms with E-state index in [0.717, 1.165) is 0 Å². The summed E-state index contributed by atoms with van der Waals surface area (Å²) in [5.41, 5.74) is 7.39. The van der Waals surface area contributed by atoms with E-state index in [2.05, 4.69) is 4.98 Å². The van der Waals surface area contributed by atoms with E-state index in [4.69, 9.17) is 31.5 Å². The third-order valence-corrected chi connectivity index (χ3v) is 4.68. The molecule has 0 saturated carbocycles. The molecular weight excluding hydrogens is 400 g/mol. The van der Waals surface area contributed by atoms with Gasteiger partial charge in [-0.1, -0.05) is 11.6 Å². The number of ketones is 1. The molecule has 9 heteroatoms. The Morgan fingerprint density at radius 2 is 1.86 bits per heavy atom. The summed E-state index contributed by atoms with van der Waals surface area (Å²) in [6.45, 7) is 6.63. The lowest BCUT2D eigenvalue weighted by atomic mass is 10.1. The Labute approximate surface area is 173 Å². The lowest BCUT2D eigenvalue weighted by molar-refractivity contribution is 0.0313. The van der Waals surface area contributed by atoms with Crippen LogP contribution in [0, 0.1) is 13.8 Å². The number of nitrogens with two attached hydrogens (primary N) is 1. The van der Waals surface area contributed by atoms with Gasteiger partial charge in [0, 0.05) is 11.8 Å². The van der Waals surface area contributed by atoms with Gasteiger partial charge < -0.3 is 24.9 Å². The minimum atomic E-state index is -1.13. The quantitative estimate of drug-likeness (QED) is 0.398. The molecule has 2 aromatic rings. The van der Waals surface area contributed by atoms with Gasteiger partial charge in [0.1, 0.15) is 11.3 Å². The highest BCUT2D eigenvalue weighted by atomic mass is 35.5. The third kappa shape index (κ3) is 4.54. The monoisotopic (exact) mass is 422 g/mol. The highest BCUT2D eigenvalue weighted by Crippen LogP contribution is 2.30. The van der Waals surface area contributed by atoms with E-state index in [-0.39, 0.29) is 34.3 Å². The molecule has 0 aliphatic rings. The first kappa shape index (κ1) is 22.3. The Morgan fingerprint density at radius 3 is 2.45 bits per heavy atom. The zero-order chi connectivity index (χ0) is 21.9. The maximum Gasteiger partial charge on any atom is 0.342 e. The summed E-state index contributed by atoms with van der Waals surface area (Å²) in [6.07, 6.45) is -1.13. The number of carbonyl (C=O) groups excluding carboxylic acids is 3. The molecule has 3 N–H and O–H groups in total. The van der Waals surface area contributed by atoms with Crippen LogP contribution in [0.1, 0.15) is 56.3 Å². The molecule has 1 heterocycles. The van der Waals surface area contributed by atoms with Gasteiger partial charge in [0.05, 0.1) is 35.7 Å². The summed E-state index contributed by atoms with van der Waals surface area (Å²) in [6, 6.07) is 2.72. The Morgan fingerprint density at radius 1 is 1.21 bits per heavy atom. The van der Waals surface area contributed by atoms with Crippen LogP contribution in [0.3, 0.4) is 0 Å². The van der Waals surface area contributed by atoms with Gasteiger partial charge in [-0.25, -0.2) is 9.59 Å². The van der Waals surface area contributed by atoms with Crippen LogP contribution in [-0.4, -0.2) is 42.5 Å². The maximum absolute atomic E-state index is 12.8. The molecule has 1 aromatic carbocycles. The summed E-state index contributed by atoms with van der Waals surface area (Å²) in [5, 5.41) is 0.159. The number of benzene rings is 1. The number of halogens is 1. The molecule has 0 amide bonds. The fourth-order valence-corrected chi connectivity index (χ4v) is 3.05. The number of H-pyrrole nitrogens is 1. The minimum absolute atomic E-state index is 0.0398. The van der Waals surface area contributed by atoms with Gasteiger partial charge in [-0.3, -0.25) is 4.79 Å². The van der Waals surface area contributed by atoms with Crippen molar-refractivity contribution < 1.29 is 28.6 Å². The van der Waals surface area contributed by atoms with Crippen molar-refractivity contribution in [2.45, 2.75) is 33.8 Å². The number of aromatic amines is 1. The highest BCUT2D eigenvalue weighted by molar-refractivity contribution is 6.33. The number of Topliss-reactive ketones (excluding diaryl/α,β-unsaturated/α-hetero) is 1. The van der Waals surface area contributed by atoms with Crippen LogP contribution in [-0.2, 0) is 9.47 Å². The van der Waals surface area contributed by atoms with Crippen LogP contribution >= 0.6 is 11.6 Å². The molecule has 156 valence electrons. The highest BCUT2D eigenvalue weighted by Gasteiger charge is 2.28. The van der Waals surface area contributed by atoms with Crippen molar-refractivity contribution in [3.05, 3.63) is 45.2 Å². The van der Waals surface area contributed by atoms with Gasteiger partial charge in [-0.15, -0.1) is 0 Å². The van der Waals surface area contributed by atoms with Crippen LogP contribution in [0.2, 0.25) is 5.02 Å². The van der Waals surface area contributed by atoms with Crippen LogP contribution in [0.5, 0.6) is 5.75 Å². The summed E-state index contributed by atoms with van der Waals surface area (Å²) in [5.74, 6) is -1.64. The van der Waals surface area contributed by atoms with Gasteiger partial charge in [-0.2, -0.15) is 0 Å². The van der Waals surface area contributed by atoms with Gasteiger partial charge >= 0.3 is 11.9 Å². The Balaban J connectivity index is 2.26. The van der Waals surface area contributed by atoms with E-state index in [1.54, 1.807) is 20.8 Å². The Hall–Kier alpha value is -3.00. The van der Waals surface area contributed by atoms with Crippen LogP contribution in [0.4, 0.5) is 5.69 Å². The van der Waals surface area contributed by atoms with Crippen molar-refractivity contribution >= 4 is 35.0 Å². The lowest BCUT2D eigenvalue weighted by Crippen LogP contribution is -2.25. The zero-order valence-corrected chi connectivity index (χ0v) is 17.6. The van der Waals surface area contributed by atoms with Crippen molar-refractivity contribution in [2.24, 2.45) is 0 Å². The number of nitrogen functional groups attached to an aromatic ring is 1. The van der Waals surface area contributed by atoms with Crippen molar-refractivity contribution in [3.63, 3.8) is 0 Å². The number of rotatable bonds is 7. The number of carbonyl (C=O) groups is 3. The lowest BCUT2D eigenvalue weighted by Gasteiger charge is -2.14. The number of methoxy groups -OCH3 is 1. The third-order valence-electron chi connectivity index (χ3n) is 4.36. The number of aryl methyl sites for hydroxylation is 1. The molecule has 0 aliphatic carbocycles. The smallest absolute Gasteiger partial charge is 0.342 e. The number of anilines is 1. The molecule has 1 atom stereocenters. The van der Waals surface area contributed by atoms with Crippen molar-refractivity contribution in [1.82, 2.24) is 4.98 Å². The summed E-state index contributed by atoms with van der Waals surface area (Å²) in [7, 11) is 1.37. The van der Waals surface area contributed by atoms with Crippen LogP contribution < -0.4 is 10.5 Å². The largest absolute Gasteiger partial charge is 0.496 e. The van der Waals surface area contributed by atoms with E-state index in [0.29, 0.717) is 16.8 Å². The van der Waals surface area contributed by atoms with E-state index >= 15 is 0 Å². The molecule has 0 spiro atoms. The van der Waals surface area contributed by atoms with E-state index in [1.807, 2.05) is 0 Å². The summed E-state index contributed by atoms with van der Waals surface area (Å²) in [4.78, 5) is 40.4.